The molecule has 0 saturated carbocycles. The van der Waals surface area contributed by atoms with E-state index < -0.39 is 0 Å². The highest BCUT2D eigenvalue weighted by Crippen LogP contribution is 2.11. The van der Waals surface area contributed by atoms with E-state index in [2.05, 4.69) is 58.7 Å². The predicted octanol–water partition coefficient (Wildman–Crippen LogP) is 2.27. The van der Waals surface area contributed by atoms with Crippen LogP contribution in [-0.2, 0) is 13.0 Å². The summed E-state index contributed by atoms with van der Waals surface area (Å²) >= 11 is 0. The quantitative estimate of drug-likeness (QED) is 0.543. The Morgan fingerprint density at radius 1 is 1.08 bits per heavy atom. The van der Waals surface area contributed by atoms with Crippen LogP contribution in [0.5, 0.6) is 5.75 Å². The molecule has 2 aromatic rings. The van der Waals surface area contributed by atoms with Gasteiger partial charge in [-0.2, -0.15) is 0 Å². The first kappa shape index (κ1) is 18.8. The number of rotatable bonds is 9. The summed E-state index contributed by atoms with van der Waals surface area (Å²) in [6.45, 7) is 3.24. The fourth-order valence-electron chi connectivity index (χ4n) is 2.50. The largest absolute Gasteiger partial charge is 0.497 e. The number of benzene rings is 2. The molecular weight excluding hydrogens is 312 g/mol. The highest BCUT2D eigenvalue weighted by Gasteiger charge is 2.00. The Hall–Kier alpha value is -2.53. The second-order valence-corrected chi connectivity index (χ2v) is 6.02. The van der Waals surface area contributed by atoms with Gasteiger partial charge in [-0.25, -0.2) is 0 Å². The van der Waals surface area contributed by atoms with E-state index in [4.69, 9.17) is 10.5 Å². The standard InChI is InChI=1S/C20H28N4O/c1-24(16-18-6-4-3-5-7-18)15-14-23-20(21)22-13-12-17-8-10-19(25-2)11-9-17/h3-11H,12-16H2,1-2H3,(H3,21,22,23). The second-order valence-electron chi connectivity index (χ2n) is 6.02. The molecule has 2 aromatic carbocycles. The fraction of sp³-hybridized carbons (Fsp3) is 0.350. The van der Waals surface area contributed by atoms with Crippen LogP contribution in [0.1, 0.15) is 11.1 Å². The van der Waals surface area contributed by atoms with Crippen LogP contribution in [0.3, 0.4) is 0 Å². The lowest BCUT2D eigenvalue weighted by molar-refractivity contribution is 0.336. The molecule has 0 saturated heterocycles. The fourth-order valence-corrected chi connectivity index (χ4v) is 2.50. The van der Waals surface area contributed by atoms with Crippen LogP contribution >= 0.6 is 0 Å². The van der Waals surface area contributed by atoms with E-state index >= 15 is 0 Å². The van der Waals surface area contributed by atoms with Crippen LogP contribution in [-0.4, -0.2) is 44.7 Å². The SMILES string of the molecule is COc1ccc(CCNC(N)=NCCN(C)Cc2ccccc2)cc1. The smallest absolute Gasteiger partial charge is 0.188 e. The summed E-state index contributed by atoms with van der Waals surface area (Å²) in [5, 5.41) is 3.16. The molecule has 0 aliphatic rings. The number of hydrogen-bond donors (Lipinski definition) is 2. The molecule has 0 heterocycles. The maximum absolute atomic E-state index is 5.92. The van der Waals surface area contributed by atoms with Gasteiger partial charge in [0.1, 0.15) is 5.75 Å². The third-order valence-corrected chi connectivity index (χ3v) is 3.94. The maximum atomic E-state index is 5.92. The number of nitrogens with zero attached hydrogens (tertiary/aromatic N) is 2. The van der Waals surface area contributed by atoms with Gasteiger partial charge in [0, 0.05) is 19.6 Å². The molecule has 5 heteroatoms. The van der Waals surface area contributed by atoms with Crippen LogP contribution in [0.2, 0.25) is 0 Å². The van der Waals surface area contributed by atoms with Crippen molar-refractivity contribution in [3.8, 4) is 5.75 Å². The molecule has 0 radical (unpaired) electrons. The lowest BCUT2D eigenvalue weighted by Crippen LogP contribution is -2.34. The number of guanidine groups is 1. The van der Waals surface area contributed by atoms with Crippen molar-refractivity contribution < 1.29 is 4.74 Å². The van der Waals surface area contributed by atoms with Crippen molar-refractivity contribution in [1.82, 2.24) is 10.2 Å². The van der Waals surface area contributed by atoms with Gasteiger partial charge in [-0.1, -0.05) is 42.5 Å². The van der Waals surface area contributed by atoms with Gasteiger partial charge in [0.05, 0.1) is 13.7 Å². The molecular formula is C20H28N4O. The number of ether oxygens (including phenoxy) is 1. The van der Waals surface area contributed by atoms with Crippen molar-refractivity contribution in [2.24, 2.45) is 10.7 Å². The number of nitrogens with one attached hydrogen (secondary N) is 1. The Bertz CT molecular complexity index is 641. The molecule has 0 aromatic heterocycles. The highest BCUT2D eigenvalue weighted by atomic mass is 16.5. The molecule has 5 nitrogen and oxygen atoms in total. The Morgan fingerprint density at radius 2 is 1.80 bits per heavy atom. The summed E-state index contributed by atoms with van der Waals surface area (Å²) in [6, 6.07) is 18.5. The Kier molecular flexibility index (Phi) is 7.79. The summed E-state index contributed by atoms with van der Waals surface area (Å²) < 4.78 is 5.15. The van der Waals surface area contributed by atoms with E-state index in [1.807, 2.05) is 18.2 Å². The van der Waals surface area contributed by atoms with Crippen molar-refractivity contribution in [3.05, 3.63) is 65.7 Å². The Morgan fingerprint density at radius 3 is 2.48 bits per heavy atom. The van der Waals surface area contributed by atoms with E-state index in [1.165, 1.54) is 11.1 Å². The van der Waals surface area contributed by atoms with Gasteiger partial charge in [-0.15, -0.1) is 0 Å². The summed E-state index contributed by atoms with van der Waals surface area (Å²) in [5.74, 6) is 1.37. The molecule has 2 rings (SSSR count). The average molecular weight is 340 g/mol. The van der Waals surface area contributed by atoms with Crippen molar-refractivity contribution in [1.29, 1.82) is 0 Å². The Labute approximate surface area is 150 Å². The summed E-state index contributed by atoms with van der Waals surface area (Å²) in [6.07, 6.45) is 0.897. The first-order chi connectivity index (χ1) is 12.2. The van der Waals surface area contributed by atoms with Gasteiger partial charge < -0.3 is 20.7 Å². The lowest BCUT2D eigenvalue weighted by atomic mass is 10.1. The lowest BCUT2D eigenvalue weighted by Gasteiger charge is -2.15. The van der Waals surface area contributed by atoms with Crippen LogP contribution in [0, 0.1) is 0 Å². The van der Waals surface area contributed by atoms with Crippen molar-refractivity contribution in [3.63, 3.8) is 0 Å². The maximum Gasteiger partial charge on any atom is 0.188 e. The molecule has 0 aliphatic carbocycles. The number of hydrogen-bond acceptors (Lipinski definition) is 3. The summed E-state index contributed by atoms with van der Waals surface area (Å²) in [5.41, 5.74) is 8.47. The van der Waals surface area contributed by atoms with Crippen LogP contribution in [0.4, 0.5) is 0 Å². The van der Waals surface area contributed by atoms with Gasteiger partial charge in [-0.3, -0.25) is 4.99 Å². The topological polar surface area (TPSA) is 62.9 Å². The first-order valence-electron chi connectivity index (χ1n) is 8.56. The normalized spacial score (nSPS) is 11.6. The van der Waals surface area contributed by atoms with Crippen LogP contribution in [0.15, 0.2) is 59.6 Å². The minimum atomic E-state index is 0.502. The van der Waals surface area contributed by atoms with E-state index in [9.17, 15) is 0 Å². The van der Waals surface area contributed by atoms with Gasteiger partial charge in [-0.05, 0) is 36.7 Å². The molecule has 134 valence electrons. The first-order valence-corrected chi connectivity index (χ1v) is 8.56. The minimum absolute atomic E-state index is 0.502. The molecule has 0 aliphatic heterocycles. The highest BCUT2D eigenvalue weighted by molar-refractivity contribution is 5.77. The number of nitrogens with two attached hydrogens (primary N) is 1. The van der Waals surface area contributed by atoms with Gasteiger partial charge >= 0.3 is 0 Å². The third kappa shape index (κ3) is 7.27. The molecule has 0 spiro atoms. The molecule has 3 N–H and O–H groups in total. The van der Waals surface area contributed by atoms with Gasteiger partial charge in [0.15, 0.2) is 5.96 Å². The monoisotopic (exact) mass is 340 g/mol. The van der Waals surface area contributed by atoms with Crippen LogP contribution < -0.4 is 15.8 Å². The zero-order valence-corrected chi connectivity index (χ0v) is 15.1. The summed E-state index contributed by atoms with van der Waals surface area (Å²) in [4.78, 5) is 6.63. The van der Waals surface area contributed by atoms with E-state index in [-0.39, 0.29) is 0 Å². The minimum Gasteiger partial charge on any atom is -0.497 e. The van der Waals surface area contributed by atoms with Gasteiger partial charge in [0.25, 0.3) is 0 Å². The van der Waals surface area contributed by atoms with E-state index in [1.54, 1.807) is 7.11 Å². The third-order valence-electron chi connectivity index (χ3n) is 3.94. The van der Waals surface area contributed by atoms with Crippen molar-refractivity contribution in [2.75, 3.05) is 33.8 Å². The number of methoxy groups -OCH3 is 1. The zero-order valence-electron chi connectivity index (χ0n) is 15.1. The molecule has 0 fully saturated rings. The molecule has 0 unspecified atom stereocenters. The van der Waals surface area contributed by atoms with Crippen molar-refractivity contribution >= 4 is 5.96 Å². The summed E-state index contributed by atoms with van der Waals surface area (Å²) in [7, 11) is 3.76. The van der Waals surface area contributed by atoms with E-state index in [0.717, 1.165) is 31.8 Å². The number of aliphatic imine (C=N–C) groups is 1. The second kappa shape index (κ2) is 10.4. The molecule has 0 amide bonds. The van der Waals surface area contributed by atoms with Gasteiger partial charge in [0.2, 0.25) is 0 Å². The van der Waals surface area contributed by atoms with Crippen LogP contribution in [0.25, 0.3) is 0 Å². The molecule has 0 bridgehead atoms. The Balaban J connectivity index is 1.63. The predicted molar refractivity (Wildman–Crippen MR) is 104 cm³/mol. The van der Waals surface area contributed by atoms with E-state index in [0.29, 0.717) is 12.5 Å². The van der Waals surface area contributed by atoms with Crippen molar-refractivity contribution in [2.45, 2.75) is 13.0 Å². The number of likely N-dealkylation sites (N-methyl/N-ethyl adjacent to an activating group) is 1. The molecule has 0 atom stereocenters. The zero-order chi connectivity index (χ0) is 17.9. The average Bonchev–Trinajstić information content (AvgIpc) is 2.63. The molecule has 25 heavy (non-hydrogen) atoms.